The van der Waals surface area contributed by atoms with Crippen LogP contribution in [0.25, 0.3) is 0 Å². The molecule has 2 aliphatic rings. The fourth-order valence-electron chi connectivity index (χ4n) is 4.97. The summed E-state index contributed by atoms with van der Waals surface area (Å²) in [6, 6.07) is 24.6. The van der Waals surface area contributed by atoms with E-state index in [4.69, 9.17) is 16.3 Å². The summed E-state index contributed by atoms with van der Waals surface area (Å²) >= 11 is 6.05. The minimum atomic E-state index is -1.27. The van der Waals surface area contributed by atoms with Crippen molar-refractivity contribution in [2.24, 2.45) is 0 Å². The fraction of sp³-hybridized carbons (Fsp3) is 0.0741. The molecular formula is C27H18ClNO4. The number of benzene rings is 4. The van der Waals surface area contributed by atoms with Crippen LogP contribution in [0.1, 0.15) is 22.3 Å². The highest BCUT2D eigenvalue weighted by Crippen LogP contribution is 2.59. The quantitative estimate of drug-likeness (QED) is 0.404. The Balaban J connectivity index is 1.64. The molecule has 2 aliphatic heterocycles. The van der Waals surface area contributed by atoms with Gasteiger partial charge >= 0.3 is 0 Å². The van der Waals surface area contributed by atoms with Gasteiger partial charge in [0.2, 0.25) is 5.91 Å². The van der Waals surface area contributed by atoms with E-state index < -0.39 is 5.41 Å². The number of ether oxygens (including phenoxy) is 1. The lowest BCUT2D eigenvalue weighted by molar-refractivity contribution is -0.121. The number of fused-ring (bicyclic) bond motifs is 6. The molecule has 4 aromatic rings. The Morgan fingerprint density at radius 3 is 2.03 bits per heavy atom. The van der Waals surface area contributed by atoms with E-state index in [9.17, 15) is 15.0 Å². The molecular weight excluding hydrogens is 438 g/mol. The van der Waals surface area contributed by atoms with Crippen molar-refractivity contribution < 1.29 is 19.7 Å². The molecule has 0 saturated carbocycles. The molecule has 4 aromatic carbocycles. The van der Waals surface area contributed by atoms with Crippen molar-refractivity contribution in [3.8, 4) is 23.0 Å². The van der Waals surface area contributed by atoms with E-state index in [0.717, 1.165) is 16.8 Å². The highest BCUT2D eigenvalue weighted by molar-refractivity contribution is 6.30. The average Bonchev–Trinajstić information content (AvgIpc) is 3.05. The zero-order valence-electron chi connectivity index (χ0n) is 17.3. The molecule has 0 saturated heterocycles. The van der Waals surface area contributed by atoms with Crippen LogP contribution in [-0.4, -0.2) is 16.1 Å². The molecule has 0 radical (unpaired) electrons. The molecule has 2 N–H and O–H groups in total. The number of aromatic hydroxyl groups is 2. The predicted octanol–water partition coefficient (Wildman–Crippen LogP) is 5.74. The third-order valence-corrected chi connectivity index (χ3v) is 6.62. The van der Waals surface area contributed by atoms with E-state index in [1.807, 2.05) is 36.4 Å². The molecule has 5 nitrogen and oxygen atoms in total. The second-order valence-corrected chi connectivity index (χ2v) is 8.68. The van der Waals surface area contributed by atoms with Crippen LogP contribution in [0, 0.1) is 0 Å². The predicted molar refractivity (Wildman–Crippen MR) is 125 cm³/mol. The van der Waals surface area contributed by atoms with Gasteiger partial charge in [0, 0.05) is 27.4 Å². The number of nitrogens with zero attached hydrogens (tertiary/aromatic N) is 1. The highest BCUT2D eigenvalue weighted by atomic mass is 35.5. The zero-order chi connectivity index (χ0) is 22.7. The summed E-state index contributed by atoms with van der Waals surface area (Å²) in [6.45, 7) is 0.345. The van der Waals surface area contributed by atoms with Gasteiger partial charge in [0.05, 0.1) is 6.54 Å². The Morgan fingerprint density at radius 1 is 0.788 bits per heavy atom. The average molecular weight is 456 g/mol. The van der Waals surface area contributed by atoms with Crippen LogP contribution < -0.4 is 9.64 Å². The number of hydrogen-bond donors (Lipinski definition) is 2. The normalized spacial score (nSPS) is 15.1. The van der Waals surface area contributed by atoms with Gasteiger partial charge in [-0.3, -0.25) is 4.79 Å². The van der Waals surface area contributed by atoms with Gasteiger partial charge in [0.25, 0.3) is 0 Å². The number of hydrogen-bond acceptors (Lipinski definition) is 4. The lowest BCUT2D eigenvalue weighted by Gasteiger charge is -2.36. The second kappa shape index (κ2) is 7.02. The number of phenols is 2. The largest absolute Gasteiger partial charge is 0.508 e. The molecule has 33 heavy (non-hydrogen) atoms. The molecule has 0 fully saturated rings. The van der Waals surface area contributed by atoms with Gasteiger partial charge < -0.3 is 19.8 Å². The van der Waals surface area contributed by atoms with Crippen LogP contribution in [0.4, 0.5) is 5.69 Å². The van der Waals surface area contributed by atoms with Crippen molar-refractivity contribution in [1.29, 1.82) is 0 Å². The van der Waals surface area contributed by atoms with Gasteiger partial charge in [0.15, 0.2) is 0 Å². The van der Waals surface area contributed by atoms with E-state index in [-0.39, 0.29) is 17.4 Å². The Morgan fingerprint density at radius 2 is 1.39 bits per heavy atom. The fourth-order valence-corrected chi connectivity index (χ4v) is 5.09. The summed E-state index contributed by atoms with van der Waals surface area (Å²) < 4.78 is 6.10. The lowest BCUT2D eigenvalue weighted by Crippen LogP contribution is -2.43. The summed E-state index contributed by atoms with van der Waals surface area (Å²) in [6.07, 6.45) is 0. The number of rotatable bonds is 2. The molecule has 6 rings (SSSR count). The SMILES string of the molecule is O=C1N(Cc2ccc(Cl)cc2)c2ccccc2C12c1cc(O)ccc1Oc1ccc(O)cc12. The summed E-state index contributed by atoms with van der Waals surface area (Å²) in [4.78, 5) is 16.2. The molecule has 0 aromatic heterocycles. The number of carbonyl (C=O) groups is 1. The first-order chi connectivity index (χ1) is 16.0. The van der Waals surface area contributed by atoms with E-state index in [2.05, 4.69) is 0 Å². The Kier molecular flexibility index (Phi) is 4.19. The molecule has 1 amide bonds. The Hall–Kier alpha value is -3.96. The summed E-state index contributed by atoms with van der Waals surface area (Å²) in [5.74, 6) is 0.856. The maximum Gasteiger partial charge on any atom is 0.247 e. The van der Waals surface area contributed by atoms with Crippen LogP contribution in [0.15, 0.2) is 84.9 Å². The van der Waals surface area contributed by atoms with Gasteiger partial charge in [-0.25, -0.2) is 0 Å². The standard InChI is InChI=1S/C27H18ClNO4/c28-17-7-5-16(6-8-17)15-29-23-4-2-1-3-20(23)27(26(29)32)21-13-18(30)9-11-24(21)33-25-12-10-19(31)14-22(25)27/h1-14,30-31H,15H2. The topological polar surface area (TPSA) is 70.0 Å². The van der Waals surface area contributed by atoms with E-state index in [1.165, 1.54) is 12.1 Å². The molecule has 6 heteroatoms. The molecule has 2 heterocycles. The molecule has 1 spiro atoms. The van der Waals surface area contributed by atoms with Crippen LogP contribution in [0.2, 0.25) is 5.02 Å². The summed E-state index contributed by atoms with van der Waals surface area (Å²) in [7, 11) is 0. The van der Waals surface area contributed by atoms with E-state index in [0.29, 0.717) is 34.2 Å². The first-order valence-electron chi connectivity index (χ1n) is 10.5. The minimum absolute atomic E-state index is 0.0294. The van der Waals surface area contributed by atoms with Crippen molar-refractivity contribution in [2.45, 2.75) is 12.0 Å². The van der Waals surface area contributed by atoms with Gasteiger partial charge in [-0.15, -0.1) is 0 Å². The molecule has 0 unspecified atom stereocenters. The lowest BCUT2D eigenvalue weighted by atomic mass is 9.68. The number of halogens is 1. The maximum absolute atomic E-state index is 14.4. The van der Waals surface area contributed by atoms with Crippen molar-refractivity contribution in [2.75, 3.05) is 4.90 Å². The second-order valence-electron chi connectivity index (χ2n) is 8.25. The first-order valence-corrected chi connectivity index (χ1v) is 10.9. The third-order valence-electron chi connectivity index (χ3n) is 6.37. The van der Waals surface area contributed by atoms with Crippen LogP contribution >= 0.6 is 11.6 Å². The number of para-hydroxylation sites is 1. The van der Waals surface area contributed by atoms with Gasteiger partial charge in [0.1, 0.15) is 28.4 Å². The Labute approximate surface area is 195 Å². The number of amides is 1. The van der Waals surface area contributed by atoms with Crippen molar-refractivity contribution >= 4 is 23.2 Å². The van der Waals surface area contributed by atoms with Gasteiger partial charge in [-0.05, 0) is 60.2 Å². The zero-order valence-corrected chi connectivity index (χ0v) is 18.1. The monoisotopic (exact) mass is 455 g/mol. The maximum atomic E-state index is 14.4. The van der Waals surface area contributed by atoms with Crippen LogP contribution in [0.3, 0.4) is 0 Å². The summed E-state index contributed by atoms with van der Waals surface area (Å²) in [5, 5.41) is 21.3. The van der Waals surface area contributed by atoms with Crippen LogP contribution in [-0.2, 0) is 16.8 Å². The highest BCUT2D eigenvalue weighted by Gasteiger charge is 2.57. The number of phenolic OH excluding ortho intramolecular Hbond substituents is 2. The number of anilines is 1. The van der Waals surface area contributed by atoms with E-state index in [1.54, 1.807) is 41.3 Å². The first kappa shape index (κ1) is 19.7. The van der Waals surface area contributed by atoms with Crippen molar-refractivity contribution in [3.05, 3.63) is 112 Å². The van der Waals surface area contributed by atoms with Gasteiger partial charge in [-0.2, -0.15) is 0 Å². The van der Waals surface area contributed by atoms with E-state index >= 15 is 0 Å². The third kappa shape index (κ3) is 2.76. The number of carbonyl (C=O) groups excluding carboxylic acids is 1. The molecule has 0 atom stereocenters. The van der Waals surface area contributed by atoms with Crippen molar-refractivity contribution in [1.82, 2.24) is 0 Å². The minimum Gasteiger partial charge on any atom is -0.508 e. The Bertz CT molecular complexity index is 1380. The van der Waals surface area contributed by atoms with Gasteiger partial charge in [-0.1, -0.05) is 41.9 Å². The molecule has 0 bridgehead atoms. The van der Waals surface area contributed by atoms with Crippen LogP contribution in [0.5, 0.6) is 23.0 Å². The summed E-state index contributed by atoms with van der Waals surface area (Å²) in [5.41, 5.74) is 2.27. The molecule has 162 valence electrons. The smallest absolute Gasteiger partial charge is 0.247 e. The van der Waals surface area contributed by atoms with Crippen molar-refractivity contribution in [3.63, 3.8) is 0 Å². The molecule has 0 aliphatic carbocycles.